The number of β-amino-alcohol motifs (C(OH)–C–C–N with tert-alkyl or cyclic N) is 1. The smallest absolute Gasteiger partial charge is 0.306 e. The van der Waals surface area contributed by atoms with Crippen LogP contribution in [0.4, 0.5) is 0 Å². The molecule has 8 rings (SSSR count). The monoisotopic (exact) mass is 956 g/mol. The first kappa shape index (κ1) is 51.0. The van der Waals surface area contributed by atoms with Gasteiger partial charge in [-0.05, 0) is 102 Å². The topological polar surface area (TPSA) is 179 Å². The van der Waals surface area contributed by atoms with E-state index in [9.17, 15) is 19.5 Å². The maximum absolute atomic E-state index is 14.6. The summed E-state index contributed by atoms with van der Waals surface area (Å²) in [6.07, 6.45) is 2.10. The van der Waals surface area contributed by atoms with E-state index in [-0.39, 0.29) is 43.3 Å². The first-order chi connectivity index (χ1) is 32.9. The van der Waals surface area contributed by atoms with Gasteiger partial charge in [-0.15, -0.1) is 0 Å². The molecule has 16 nitrogen and oxygen atoms in total. The number of esters is 1. The first-order valence-electron chi connectivity index (χ1n) is 24.8. The van der Waals surface area contributed by atoms with E-state index < -0.39 is 71.9 Å². The van der Waals surface area contributed by atoms with Crippen LogP contribution in [0, 0.1) is 5.92 Å². The van der Waals surface area contributed by atoms with Crippen molar-refractivity contribution >= 4 is 17.8 Å². The average molecular weight is 956 g/mol. The van der Waals surface area contributed by atoms with Crippen LogP contribution in [0.25, 0.3) is 0 Å². The first-order valence-corrected chi connectivity index (χ1v) is 24.8. The van der Waals surface area contributed by atoms with Crippen molar-refractivity contribution in [1.82, 2.24) is 25.4 Å². The van der Waals surface area contributed by atoms with Gasteiger partial charge < -0.3 is 48.9 Å². The number of aromatic nitrogens is 1. The molecule has 0 saturated carbocycles. The summed E-state index contributed by atoms with van der Waals surface area (Å²) in [6.45, 7) is 16.7. The second kappa shape index (κ2) is 22.0. The van der Waals surface area contributed by atoms with E-state index in [1.165, 1.54) is 0 Å². The number of rotatable bonds is 19. The molecule has 0 unspecified atom stereocenters. The third-order valence-electron chi connectivity index (χ3n) is 13.5. The summed E-state index contributed by atoms with van der Waals surface area (Å²) in [5.41, 5.74) is 3.50. The number of piperazine rings is 1. The molecular formula is C53H73N5O11. The molecule has 4 saturated heterocycles. The lowest BCUT2D eigenvalue weighted by molar-refractivity contribution is -0.236. The zero-order chi connectivity index (χ0) is 48.9. The fraction of sp³-hybridized carbons (Fsp3) is 0.623. The molecule has 0 radical (unpaired) electrons. The standard InChI is InChI=1S/C53H73N5O11/c1-51(2,3)56-49(62)40-32-57(30-35-18-15-22-54-29-35)23-24-58(40)31-38(59)27-37(26-34-16-9-8-10-17-34)48(61)55-44-39-20-12-11-19-36(39)28-41(44)65-43(60)21-13-14-25-63-46-45(42-33-64-52(4,5)67-42)66-50-47(46)68-53(6,7)69-50/h8-12,15-20,22,29,37-38,40-42,44-47,50,59H,13-14,21,23-28,30-33H2,1-7H3,(H,55,61)(H,56,62)/t37-,38+,40+,41-,42-,44+,45-,46+,47-,50-/m1/s1. The molecule has 4 aliphatic heterocycles. The predicted octanol–water partition coefficient (Wildman–Crippen LogP) is 5.00. The lowest BCUT2D eigenvalue weighted by atomic mass is 9.91. The van der Waals surface area contributed by atoms with E-state index in [0.717, 1.165) is 22.3 Å². The summed E-state index contributed by atoms with van der Waals surface area (Å²) >= 11 is 0. The molecule has 3 aromatic rings. The minimum atomic E-state index is -0.913. The van der Waals surface area contributed by atoms with E-state index in [0.29, 0.717) is 65.1 Å². The summed E-state index contributed by atoms with van der Waals surface area (Å²) in [5.74, 6) is -2.86. The fourth-order valence-electron chi connectivity index (χ4n) is 10.3. The molecular weight excluding hydrogens is 883 g/mol. The van der Waals surface area contributed by atoms with Crippen molar-refractivity contribution in [2.45, 2.75) is 166 Å². The van der Waals surface area contributed by atoms with Crippen LogP contribution in [0.2, 0.25) is 0 Å². The highest BCUT2D eigenvalue weighted by Crippen LogP contribution is 2.42. The molecule has 2 aromatic carbocycles. The Labute approximate surface area is 407 Å². The molecule has 2 amide bonds. The van der Waals surface area contributed by atoms with Crippen LogP contribution in [0.1, 0.15) is 102 Å². The van der Waals surface area contributed by atoms with Gasteiger partial charge >= 0.3 is 5.97 Å². The molecule has 4 fully saturated rings. The highest BCUT2D eigenvalue weighted by Gasteiger charge is 2.59. The molecule has 3 N–H and O–H groups in total. The Morgan fingerprint density at radius 2 is 1.68 bits per heavy atom. The number of amides is 2. The number of hydrogen-bond acceptors (Lipinski definition) is 14. The van der Waals surface area contributed by atoms with Gasteiger partial charge in [-0.1, -0.05) is 60.7 Å². The molecule has 5 heterocycles. The van der Waals surface area contributed by atoms with Crippen molar-refractivity contribution in [2.24, 2.45) is 5.92 Å². The molecule has 0 spiro atoms. The molecule has 10 atom stereocenters. The Kier molecular flexibility index (Phi) is 16.2. The zero-order valence-corrected chi connectivity index (χ0v) is 41.3. The number of nitrogens with one attached hydrogen (secondary N) is 2. The molecule has 1 aliphatic carbocycles. The Bertz CT molecular complexity index is 2190. The third kappa shape index (κ3) is 13.5. The molecule has 5 aliphatic rings. The van der Waals surface area contributed by atoms with E-state index in [1.807, 2.05) is 126 Å². The van der Waals surface area contributed by atoms with Gasteiger partial charge in [-0.25, -0.2) is 0 Å². The van der Waals surface area contributed by atoms with Gasteiger partial charge in [-0.3, -0.25) is 29.2 Å². The van der Waals surface area contributed by atoms with Gasteiger partial charge in [0.1, 0.15) is 36.6 Å². The number of ether oxygens (including phenoxy) is 7. The van der Waals surface area contributed by atoms with Crippen LogP contribution in [-0.4, -0.2) is 143 Å². The number of pyridine rings is 1. The zero-order valence-electron chi connectivity index (χ0n) is 41.3. The molecule has 0 bridgehead atoms. The lowest BCUT2D eigenvalue weighted by Crippen LogP contribution is -2.61. The molecule has 69 heavy (non-hydrogen) atoms. The number of carbonyl (C=O) groups excluding carboxylic acids is 3. The molecule has 1 aromatic heterocycles. The van der Waals surface area contributed by atoms with Crippen molar-refractivity contribution in [3.8, 4) is 0 Å². The van der Waals surface area contributed by atoms with Gasteiger partial charge in [0, 0.05) is 76.0 Å². The minimum absolute atomic E-state index is 0.0996. The van der Waals surface area contributed by atoms with Gasteiger partial charge in [0.2, 0.25) is 11.8 Å². The molecule has 16 heteroatoms. The highest BCUT2D eigenvalue weighted by molar-refractivity contribution is 5.83. The maximum atomic E-state index is 14.6. The van der Waals surface area contributed by atoms with Crippen LogP contribution < -0.4 is 10.6 Å². The number of unbranched alkanes of at least 4 members (excludes halogenated alkanes) is 1. The quantitative estimate of drug-likeness (QED) is 0.108. The Morgan fingerprint density at radius 1 is 0.913 bits per heavy atom. The van der Waals surface area contributed by atoms with Gasteiger partial charge in [0.25, 0.3) is 0 Å². The summed E-state index contributed by atoms with van der Waals surface area (Å²) in [6, 6.07) is 20.5. The summed E-state index contributed by atoms with van der Waals surface area (Å²) < 4.78 is 43.0. The number of benzene rings is 2. The van der Waals surface area contributed by atoms with Gasteiger partial charge in [-0.2, -0.15) is 0 Å². The number of aliphatic hydroxyl groups excluding tert-OH is 1. The SMILES string of the molecule is CC(C)(C)NC(=O)[C@@H]1CN(Cc2cccnc2)CCN1C[C@@H](O)C[C@@H](Cc1ccccc1)C(=O)N[C@H]1c2ccccc2C[C@H]1OC(=O)CCCCO[C@@H]1[C@H]2OC(C)(C)O[C@H]2O[C@@H]1[C@H]1COC(C)(C)O1. The maximum Gasteiger partial charge on any atom is 0.306 e. The van der Waals surface area contributed by atoms with Crippen molar-refractivity contribution in [2.75, 3.05) is 39.4 Å². The van der Waals surface area contributed by atoms with E-state index >= 15 is 0 Å². The van der Waals surface area contributed by atoms with Crippen molar-refractivity contribution in [1.29, 1.82) is 0 Å². The fourth-order valence-corrected chi connectivity index (χ4v) is 10.3. The average Bonchev–Trinajstić information content (AvgIpc) is 4.02. The largest absolute Gasteiger partial charge is 0.459 e. The van der Waals surface area contributed by atoms with Crippen LogP contribution in [0.5, 0.6) is 0 Å². The minimum Gasteiger partial charge on any atom is -0.459 e. The van der Waals surface area contributed by atoms with E-state index in [2.05, 4.69) is 20.5 Å². The van der Waals surface area contributed by atoms with Crippen molar-refractivity contribution in [3.05, 3.63) is 101 Å². The summed E-state index contributed by atoms with van der Waals surface area (Å²) in [7, 11) is 0. The predicted molar refractivity (Wildman–Crippen MR) is 255 cm³/mol. The number of fused-ring (bicyclic) bond motifs is 2. The highest BCUT2D eigenvalue weighted by atomic mass is 16.8. The number of nitrogens with zero attached hydrogens (tertiary/aromatic N) is 3. The van der Waals surface area contributed by atoms with Gasteiger partial charge in [0.05, 0.1) is 18.8 Å². The lowest BCUT2D eigenvalue weighted by Gasteiger charge is -2.42. The Morgan fingerprint density at radius 3 is 2.42 bits per heavy atom. The van der Waals surface area contributed by atoms with E-state index in [4.69, 9.17) is 33.2 Å². The summed E-state index contributed by atoms with van der Waals surface area (Å²) in [4.78, 5) is 50.6. The van der Waals surface area contributed by atoms with Crippen molar-refractivity contribution in [3.63, 3.8) is 0 Å². The second-order valence-electron chi connectivity index (χ2n) is 21.3. The number of carbonyl (C=O) groups is 3. The molecule has 376 valence electrons. The van der Waals surface area contributed by atoms with Crippen LogP contribution >= 0.6 is 0 Å². The van der Waals surface area contributed by atoms with Crippen molar-refractivity contribution < 1.29 is 52.6 Å². The Balaban J connectivity index is 0.882. The number of aliphatic hydroxyl groups is 1. The van der Waals surface area contributed by atoms with E-state index in [1.54, 1.807) is 6.20 Å². The Hall–Kier alpha value is -4.36. The van der Waals surface area contributed by atoms with Crippen LogP contribution in [0.3, 0.4) is 0 Å². The third-order valence-corrected chi connectivity index (χ3v) is 13.5. The number of hydrogen-bond donors (Lipinski definition) is 3. The normalized spacial score (nSPS) is 28.4. The van der Waals surface area contributed by atoms with Crippen LogP contribution in [-0.2, 0) is 66.9 Å². The van der Waals surface area contributed by atoms with Crippen LogP contribution in [0.15, 0.2) is 79.1 Å². The second-order valence-corrected chi connectivity index (χ2v) is 21.3. The summed E-state index contributed by atoms with van der Waals surface area (Å²) in [5, 5.41) is 18.3. The van der Waals surface area contributed by atoms with Gasteiger partial charge in [0.15, 0.2) is 17.9 Å².